The van der Waals surface area contributed by atoms with Crippen LogP contribution in [0.3, 0.4) is 0 Å². The molecular weight excluding hydrogens is 240 g/mol. The van der Waals surface area contributed by atoms with Gasteiger partial charge in [0.25, 0.3) is 0 Å². The van der Waals surface area contributed by atoms with Crippen molar-refractivity contribution in [1.29, 1.82) is 5.26 Å². The van der Waals surface area contributed by atoms with E-state index in [2.05, 4.69) is 10.8 Å². The first-order chi connectivity index (χ1) is 8.55. The highest BCUT2D eigenvalue weighted by atomic mass is 19.3. The molecule has 1 aromatic rings. The third kappa shape index (κ3) is 2.33. The summed E-state index contributed by atoms with van der Waals surface area (Å²) in [6.07, 6.45) is 1.07. The summed E-state index contributed by atoms with van der Waals surface area (Å²) in [5.41, 5.74) is -0.127. The Balaban J connectivity index is 2.23. The van der Waals surface area contributed by atoms with Crippen LogP contribution >= 0.6 is 0 Å². The van der Waals surface area contributed by atoms with E-state index in [1.165, 1.54) is 12.1 Å². The van der Waals surface area contributed by atoms with Gasteiger partial charge < -0.3 is 4.74 Å². The summed E-state index contributed by atoms with van der Waals surface area (Å²) in [7, 11) is 0. The lowest BCUT2D eigenvalue weighted by Gasteiger charge is -2.19. The van der Waals surface area contributed by atoms with Gasteiger partial charge in [-0.15, -0.1) is 0 Å². The minimum absolute atomic E-state index is 0.0474. The highest BCUT2D eigenvalue weighted by Crippen LogP contribution is 2.39. The summed E-state index contributed by atoms with van der Waals surface area (Å²) < 4.78 is 28.2. The van der Waals surface area contributed by atoms with Crippen molar-refractivity contribution in [2.45, 2.75) is 31.3 Å². The van der Waals surface area contributed by atoms with E-state index in [0.717, 1.165) is 0 Å². The van der Waals surface area contributed by atoms with Crippen molar-refractivity contribution in [2.75, 3.05) is 0 Å². The molecule has 3 nitrogen and oxygen atoms in total. The van der Waals surface area contributed by atoms with Crippen LogP contribution in [0.4, 0.5) is 8.78 Å². The number of hydrogen-bond acceptors (Lipinski definition) is 3. The van der Waals surface area contributed by atoms with Crippen molar-refractivity contribution in [3.63, 3.8) is 0 Å². The summed E-state index contributed by atoms with van der Waals surface area (Å²) in [5, 5.41) is 9.25. The number of rotatable bonds is 3. The number of nitrogens with zero attached hydrogens (tertiary/aromatic N) is 1. The fourth-order valence-electron chi connectivity index (χ4n) is 2.23. The Bertz CT molecular complexity index is 493. The lowest BCUT2D eigenvalue weighted by atomic mass is 9.80. The van der Waals surface area contributed by atoms with Gasteiger partial charge in [0, 0.05) is 12.8 Å². The first-order valence-electron chi connectivity index (χ1n) is 5.54. The van der Waals surface area contributed by atoms with E-state index < -0.39 is 12.0 Å². The molecule has 1 saturated carbocycles. The van der Waals surface area contributed by atoms with Crippen LogP contribution in [0.15, 0.2) is 24.3 Å². The Morgan fingerprint density at radius 2 is 2.00 bits per heavy atom. The van der Waals surface area contributed by atoms with E-state index in [9.17, 15) is 18.8 Å². The molecule has 1 aromatic carbocycles. The van der Waals surface area contributed by atoms with Crippen LogP contribution < -0.4 is 4.74 Å². The Morgan fingerprint density at radius 3 is 2.44 bits per heavy atom. The molecule has 1 aliphatic rings. The number of alkyl halides is 2. The number of hydrogen-bond donors (Lipinski definition) is 0. The number of carbonyl (C=O) groups is 1. The second-order valence-electron chi connectivity index (χ2n) is 4.31. The van der Waals surface area contributed by atoms with Gasteiger partial charge in [0.2, 0.25) is 0 Å². The van der Waals surface area contributed by atoms with Gasteiger partial charge in [0.1, 0.15) is 11.5 Å². The maximum atomic E-state index is 12.0. The van der Waals surface area contributed by atoms with Crippen LogP contribution in [0.5, 0.6) is 5.75 Å². The van der Waals surface area contributed by atoms with E-state index in [1.54, 1.807) is 12.1 Å². The van der Waals surface area contributed by atoms with Crippen LogP contribution in [-0.2, 0) is 10.2 Å². The molecule has 0 heterocycles. The smallest absolute Gasteiger partial charge is 0.387 e. The minimum atomic E-state index is -2.87. The second-order valence-corrected chi connectivity index (χ2v) is 4.31. The van der Waals surface area contributed by atoms with Gasteiger partial charge in [-0.2, -0.15) is 14.0 Å². The summed E-state index contributed by atoms with van der Waals surface area (Å²) in [5.74, 6) is 0.107. The summed E-state index contributed by atoms with van der Waals surface area (Å²) in [4.78, 5) is 11.3. The van der Waals surface area contributed by atoms with Crippen molar-refractivity contribution in [3.05, 3.63) is 29.8 Å². The average molecular weight is 251 g/mol. The molecule has 0 radical (unpaired) electrons. The zero-order valence-electron chi connectivity index (χ0n) is 9.53. The second kappa shape index (κ2) is 4.73. The zero-order chi connectivity index (χ0) is 13.2. The van der Waals surface area contributed by atoms with E-state index in [-0.39, 0.29) is 18.0 Å². The topological polar surface area (TPSA) is 50.1 Å². The molecule has 18 heavy (non-hydrogen) atoms. The van der Waals surface area contributed by atoms with Crippen LogP contribution in [0.1, 0.15) is 24.8 Å². The number of ether oxygens (including phenoxy) is 1. The molecule has 0 saturated heterocycles. The Hall–Kier alpha value is -1.96. The quantitative estimate of drug-likeness (QED) is 0.830. The SMILES string of the molecule is N#CC1(c2ccc(OC(F)F)cc2)CCC(=O)C1. The maximum absolute atomic E-state index is 12.0. The van der Waals surface area contributed by atoms with E-state index in [1.807, 2.05) is 0 Å². The largest absolute Gasteiger partial charge is 0.435 e. The monoisotopic (exact) mass is 251 g/mol. The minimum Gasteiger partial charge on any atom is -0.435 e. The van der Waals surface area contributed by atoms with Gasteiger partial charge in [0.15, 0.2) is 0 Å². The first-order valence-corrected chi connectivity index (χ1v) is 5.54. The Labute approximate surface area is 103 Å². The molecule has 0 amide bonds. The molecule has 1 atom stereocenters. The van der Waals surface area contributed by atoms with E-state index in [0.29, 0.717) is 18.4 Å². The molecule has 5 heteroatoms. The van der Waals surface area contributed by atoms with Gasteiger partial charge in [0.05, 0.1) is 11.5 Å². The number of halogens is 2. The van der Waals surface area contributed by atoms with Crippen molar-refractivity contribution in [1.82, 2.24) is 0 Å². The maximum Gasteiger partial charge on any atom is 0.387 e. The van der Waals surface area contributed by atoms with Gasteiger partial charge in [-0.3, -0.25) is 4.79 Å². The molecule has 0 aliphatic heterocycles. The van der Waals surface area contributed by atoms with Gasteiger partial charge in [-0.25, -0.2) is 0 Å². The van der Waals surface area contributed by atoms with Crippen molar-refractivity contribution in [2.24, 2.45) is 0 Å². The molecule has 0 N–H and O–H groups in total. The zero-order valence-corrected chi connectivity index (χ0v) is 9.53. The molecule has 0 aromatic heterocycles. The lowest BCUT2D eigenvalue weighted by Crippen LogP contribution is -2.20. The fraction of sp³-hybridized carbons (Fsp3) is 0.385. The lowest BCUT2D eigenvalue weighted by molar-refractivity contribution is -0.117. The molecular formula is C13H11F2NO2. The fourth-order valence-corrected chi connectivity index (χ4v) is 2.23. The molecule has 1 unspecified atom stereocenters. The van der Waals surface area contributed by atoms with Gasteiger partial charge >= 0.3 is 6.61 Å². The summed E-state index contributed by atoms with van der Waals surface area (Å²) in [6.45, 7) is -2.87. The first kappa shape index (κ1) is 12.5. The van der Waals surface area contributed by atoms with Gasteiger partial charge in [-0.1, -0.05) is 12.1 Å². The standard InChI is InChI=1S/C13H11F2NO2/c14-12(15)18-11-3-1-9(2-4-11)13(8-16)6-5-10(17)7-13/h1-4,12H,5-7H2. The normalized spacial score (nSPS) is 23.1. The average Bonchev–Trinajstić information content (AvgIpc) is 2.72. The molecule has 0 spiro atoms. The number of nitriles is 1. The van der Waals surface area contributed by atoms with Crippen molar-refractivity contribution < 1.29 is 18.3 Å². The van der Waals surface area contributed by atoms with Crippen LogP contribution in [0.25, 0.3) is 0 Å². The summed E-state index contributed by atoms with van der Waals surface area (Å²) >= 11 is 0. The molecule has 1 aliphatic carbocycles. The number of benzene rings is 1. The highest BCUT2D eigenvalue weighted by molar-refractivity contribution is 5.83. The predicted molar refractivity (Wildman–Crippen MR) is 59.2 cm³/mol. The summed E-state index contributed by atoms with van der Waals surface area (Å²) in [6, 6.07) is 8.10. The Morgan fingerprint density at radius 1 is 1.33 bits per heavy atom. The Kier molecular flexibility index (Phi) is 3.28. The van der Waals surface area contributed by atoms with Crippen molar-refractivity contribution in [3.8, 4) is 11.8 Å². The van der Waals surface area contributed by atoms with Gasteiger partial charge in [-0.05, 0) is 24.1 Å². The number of ketones is 1. The van der Waals surface area contributed by atoms with E-state index in [4.69, 9.17) is 0 Å². The highest BCUT2D eigenvalue weighted by Gasteiger charge is 2.40. The predicted octanol–water partition coefficient (Wildman–Crippen LogP) is 2.80. The number of Topliss-reactive ketones (excluding diaryl/α,β-unsaturated/α-hetero) is 1. The van der Waals surface area contributed by atoms with Crippen molar-refractivity contribution >= 4 is 5.78 Å². The van der Waals surface area contributed by atoms with E-state index >= 15 is 0 Å². The van der Waals surface area contributed by atoms with Crippen LogP contribution in [0, 0.1) is 11.3 Å². The molecule has 2 rings (SSSR count). The van der Waals surface area contributed by atoms with Crippen LogP contribution in [0.2, 0.25) is 0 Å². The molecule has 94 valence electrons. The molecule has 1 fully saturated rings. The third-order valence-electron chi connectivity index (χ3n) is 3.18. The van der Waals surface area contributed by atoms with Crippen LogP contribution in [-0.4, -0.2) is 12.4 Å². The molecule has 0 bridgehead atoms. The third-order valence-corrected chi connectivity index (χ3v) is 3.18. The number of carbonyl (C=O) groups excluding carboxylic acids is 1.